The zero-order valence-electron chi connectivity index (χ0n) is 24.5. The summed E-state index contributed by atoms with van der Waals surface area (Å²) >= 11 is 0. The van der Waals surface area contributed by atoms with Crippen molar-refractivity contribution < 1.29 is 32.4 Å². The van der Waals surface area contributed by atoms with Crippen molar-refractivity contribution in [3.8, 4) is 0 Å². The topological polar surface area (TPSA) is 118 Å². The largest absolute Gasteiger partial charge is 0.481 e. The zero-order chi connectivity index (χ0) is 28.5. The molecule has 38 heavy (non-hydrogen) atoms. The second-order valence-corrected chi connectivity index (χ2v) is 12.6. The molecule has 0 aliphatic rings. The maximum atomic E-state index is 12.5. The highest BCUT2D eigenvalue weighted by Gasteiger charge is 2.36. The summed E-state index contributed by atoms with van der Waals surface area (Å²) in [6.07, 6.45) is 25.0. The second-order valence-electron chi connectivity index (χ2n) is 11.0. The number of carbonyl (C=O) groups excluding carboxylic acids is 1. The lowest BCUT2D eigenvalue weighted by Crippen LogP contribution is -2.36. The van der Waals surface area contributed by atoms with Crippen molar-refractivity contribution in [3.63, 3.8) is 0 Å². The average molecular weight is 563 g/mol. The minimum atomic E-state index is -4.85. The third kappa shape index (κ3) is 22.8. The highest BCUT2D eigenvalue weighted by molar-refractivity contribution is 7.87. The van der Waals surface area contributed by atoms with E-state index in [2.05, 4.69) is 13.8 Å². The first-order valence-electron chi connectivity index (χ1n) is 15.6. The van der Waals surface area contributed by atoms with Gasteiger partial charge in [0.1, 0.15) is 6.10 Å². The maximum absolute atomic E-state index is 12.5. The summed E-state index contributed by atoms with van der Waals surface area (Å²) in [5.41, 5.74) is 0. The highest BCUT2D eigenvalue weighted by atomic mass is 32.2. The molecule has 2 N–H and O–H groups in total. The van der Waals surface area contributed by atoms with E-state index in [1.54, 1.807) is 0 Å². The van der Waals surface area contributed by atoms with E-state index in [0.29, 0.717) is 12.8 Å². The third-order valence-electron chi connectivity index (χ3n) is 7.27. The van der Waals surface area contributed by atoms with Crippen LogP contribution in [-0.4, -0.2) is 41.4 Å². The number of carboxylic acids is 1. The first kappa shape index (κ1) is 36.8. The number of hydrogen-bond donors (Lipinski definition) is 2. The van der Waals surface area contributed by atoms with Gasteiger partial charge in [0.05, 0.1) is 6.42 Å². The van der Waals surface area contributed by atoms with Crippen LogP contribution in [0.3, 0.4) is 0 Å². The zero-order valence-corrected chi connectivity index (χ0v) is 25.3. The molecule has 2 unspecified atom stereocenters. The molecule has 0 saturated carbocycles. The normalized spacial score (nSPS) is 13.3. The molecule has 8 heteroatoms. The smallest absolute Gasteiger partial charge is 0.327 e. The lowest BCUT2D eigenvalue weighted by atomic mass is 10.0. The van der Waals surface area contributed by atoms with E-state index in [0.717, 1.165) is 38.5 Å². The minimum absolute atomic E-state index is 0.451. The second kappa shape index (κ2) is 24.9. The lowest BCUT2D eigenvalue weighted by molar-refractivity contribution is -0.152. The van der Waals surface area contributed by atoms with E-state index in [4.69, 9.17) is 9.84 Å². The monoisotopic (exact) mass is 562 g/mol. The molecule has 0 radical (unpaired) electrons. The predicted molar refractivity (Wildman–Crippen MR) is 155 cm³/mol. The molecule has 226 valence electrons. The highest BCUT2D eigenvalue weighted by Crippen LogP contribution is 2.20. The van der Waals surface area contributed by atoms with E-state index in [9.17, 15) is 22.6 Å². The number of ether oxygens (including phenoxy) is 1. The number of carboxylic acid groups (broad SMARTS) is 1. The van der Waals surface area contributed by atoms with Gasteiger partial charge in [0, 0.05) is 0 Å². The number of hydrogen-bond acceptors (Lipinski definition) is 5. The molecule has 0 aromatic carbocycles. The Labute approximate surface area is 233 Å². The van der Waals surface area contributed by atoms with Crippen LogP contribution in [0.1, 0.15) is 168 Å². The van der Waals surface area contributed by atoms with Crippen molar-refractivity contribution in [2.45, 2.75) is 179 Å². The molecule has 2 atom stereocenters. The third-order valence-corrected chi connectivity index (χ3v) is 8.35. The van der Waals surface area contributed by atoms with Crippen LogP contribution in [-0.2, 0) is 24.4 Å². The number of carbonyl (C=O) groups is 2. The van der Waals surface area contributed by atoms with E-state index < -0.39 is 39.8 Å². The summed E-state index contributed by atoms with van der Waals surface area (Å²) in [7, 11) is -4.85. The van der Waals surface area contributed by atoms with Gasteiger partial charge in [-0.25, -0.2) is 0 Å². The van der Waals surface area contributed by atoms with E-state index >= 15 is 0 Å². The quantitative estimate of drug-likeness (QED) is 0.0556. The van der Waals surface area contributed by atoms with Gasteiger partial charge in [0.15, 0.2) is 5.25 Å². The van der Waals surface area contributed by atoms with Crippen molar-refractivity contribution in [2.75, 3.05) is 0 Å². The summed E-state index contributed by atoms with van der Waals surface area (Å²) in [6, 6.07) is 0. The molecule has 7 nitrogen and oxygen atoms in total. The van der Waals surface area contributed by atoms with E-state index in [-0.39, 0.29) is 0 Å². The van der Waals surface area contributed by atoms with Gasteiger partial charge < -0.3 is 9.84 Å². The Bertz CT molecular complexity index is 678. The minimum Gasteiger partial charge on any atom is -0.481 e. The van der Waals surface area contributed by atoms with E-state index in [1.807, 2.05) is 0 Å². The molecule has 0 saturated heterocycles. The summed E-state index contributed by atoms with van der Waals surface area (Å²) in [5, 5.41) is 6.89. The molecule has 0 aromatic rings. The van der Waals surface area contributed by atoms with Crippen LogP contribution in [0.25, 0.3) is 0 Å². The Kier molecular flexibility index (Phi) is 24.1. The Morgan fingerprint density at radius 2 is 0.921 bits per heavy atom. The van der Waals surface area contributed by atoms with Crippen LogP contribution in [0, 0.1) is 0 Å². The molecule has 0 rings (SSSR count). The molecule has 0 fully saturated rings. The molecule has 0 aliphatic carbocycles. The molecule has 0 spiro atoms. The van der Waals surface area contributed by atoms with Crippen LogP contribution in [0.2, 0.25) is 0 Å². The molecule has 0 amide bonds. The standard InChI is InChI=1S/C30H58O7S/c1-3-5-7-9-11-13-15-17-19-21-23-25-27(24-22-20-18-16-14-12-10-8-6-4-2)37-30(33)28(26-29(31)32)38(34,35)36/h27-28H,3-26H2,1-2H3,(H,31,32)(H,34,35,36). The Balaban J connectivity index is 4.46. The summed E-state index contributed by atoms with van der Waals surface area (Å²) in [5.74, 6) is -2.63. The Hall–Kier alpha value is -1.15. The van der Waals surface area contributed by atoms with Crippen molar-refractivity contribution in [1.82, 2.24) is 0 Å². The van der Waals surface area contributed by atoms with Gasteiger partial charge in [-0.1, -0.05) is 136 Å². The molecule has 0 aromatic heterocycles. The van der Waals surface area contributed by atoms with Crippen LogP contribution >= 0.6 is 0 Å². The number of esters is 1. The summed E-state index contributed by atoms with van der Waals surface area (Å²) in [6.45, 7) is 4.45. The van der Waals surface area contributed by atoms with Gasteiger partial charge in [0.25, 0.3) is 10.1 Å². The SMILES string of the molecule is CCCCCCCCCCCCCC(CCCCCCCCCCCC)OC(=O)C(CC(=O)O)S(=O)(=O)O. The fourth-order valence-corrected chi connectivity index (χ4v) is 5.52. The summed E-state index contributed by atoms with van der Waals surface area (Å²) in [4.78, 5) is 23.5. The Morgan fingerprint density at radius 1 is 0.605 bits per heavy atom. The summed E-state index contributed by atoms with van der Waals surface area (Å²) < 4.78 is 38.0. The van der Waals surface area contributed by atoms with Gasteiger partial charge in [-0.2, -0.15) is 8.42 Å². The number of unbranched alkanes of at least 4 members (excludes halogenated alkanes) is 19. The van der Waals surface area contributed by atoms with Crippen molar-refractivity contribution in [3.05, 3.63) is 0 Å². The van der Waals surface area contributed by atoms with E-state index in [1.165, 1.54) is 96.3 Å². The fraction of sp³-hybridized carbons (Fsp3) is 0.933. The lowest BCUT2D eigenvalue weighted by Gasteiger charge is -2.20. The van der Waals surface area contributed by atoms with Crippen LogP contribution in [0.4, 0.5) is 0 Å². The van der Waals surface area contributed by atoms with Gasteiger partial charge in [0.2, 0.25) is 0 Å². The fourth-order valence-electron chi connectivity index (χ4n) is 4.87. The maximum Gasteiger partial charge on any atom is 0.327 e. The number of rotatable bonds is 28. The number of aliphatic carboxylic acids is 1. The molecule has 0 bridgehead atoms. The molecule has 0 aliphatic heterocycles. The van der Waals surface area contributed by atoms with Gasteiger partial charge >= 0.3 is 11.9 Å². The van der Waals surface area contributed by atoms with Crippen molar-refractivity contribution in [1.29, 1.82) is 0 Å². The van der Waals surface area contributed by atoms with Gasteiger partial charge in [-0.15, -0.1) is 0 Å². The molecule has 0 heterocycles. The van der Waals surface area contributed by atoms with Crippen LogP contribution in [0.5, 0.6) is 0 Å². The first-order valence-corrected chi connectivity index (χ1v) is 17.1. The average Bonchev–Trinajstić information content (AvgIpc) is 2.85. The molecular formula is C30H58O7S. The van der Waals surface area contributed by atoms with Gasteiger partial charge in [-0.05, 0) is 25.7 Å². The van der Waals surface area contributed by atoms with Crippen molar-refractivity contribution in [2.24, 2.45) is 0 Å². The van der Waals surface area contributed by atoms with Gasteiger partial charge in [-0.3, -0.25) is 14.1 Å². The molecular weight excluding hydrogens is 504 g/mol. The first-order chi connectivity index (χ1) is 18.2. The van der Waals surface area contributed by atoms with Crippen LogP contribution in [0.15, 0.2) is 0 Å². The predicted octanol–water partition coefficient (Wildman–Crippen LogP) is 8.64. The Morgan fingerprint density at radius 3 is 1.21 bits per heavy atom. The van der Waals surface area contributed by atoms with Crippen molar-refractivity contribution >= 4 is 22.1 Å². The van der Waals surface area contributed by atoms with Crippen LogP contribution < -0.4 is 0 Å².